The van der Waals surface area contributed by atoms with Crippen LogP contribution in [0.4, 0.5) is 5.00 Å². The lowest BCUT2D eigenvalue weighted by Crippen LogP contribution is -2.57. The molecule has 2 unspecified atom stereocenters. The van der Waals surface area contributed by atoms with Gasteiger partial charge >= 0.3 is 0 Å². The van der Waals surface area contributed by atoms with Crippen LogP contribution in [0.5, 0.6) is 0 Å². The van der Waals surface area contributed by atoms with Crippen LogP contribution in [0.3, 0.4) is 0 Å². The van der Waals surface area contributed by atoms with E-state index in [-0.39, 0.29) is 15.6 Å². The normalized spacial score (nSPS) is 36.8. The van der Waals surface area contributed by atoms with Gasteiger partial charge in [-0.05, 0) is 69.8 Å². The zero-order chi connectivity index (χ0) is 17.3. The van der Waals surface area contributed by atoms with Crippen molar-refractivity contribution in [2.24, 2.45) is 23.0 Å². The summed E-state index contributed by atoms with van der Waals surface area (Å²) in [5.74, 6) is 0.927. The molecule has 0 aliphatic heterocycles. The molecule has 24 heavy (non-hydrogen) atoms. The number of nitrogens with one attached hydrogen (secondary N) is 1. The molecule has 5 rings (SSSR count). The average Bonchev–Trinajstić information content (AvgIpc) is 2.70. The Morgan fingerprint density at radius 3 is 2.38 bits per heavy atom. The lowest BCUT2D eigenvalue weighted by Gasteiger charge is -2.59. The van der Waals surface area contributed by atoms with Crippen LogP contribution in [0, 0.1) is 31.1 Å². The molecule has 0 aromatic carbocycles. The number of alkyl halides is 1. The Balaban J connectivity index is 1.64. The second-order valence-electron chi connectivity index (χ2n) is 8.20. The number of halogens is 1. The van der Waals surface area contributed by atoms with Gasteiger partial charge in [-0.1, -0.05) is 15.9 Å². The molecule has 0 spiro atoms. The first kappa shape index (κ1) is 16.6. The van der Waals surface area contributed by atoms with Crippen molar-refractivity contribution in [3.05, 3.63) is 16.0 Å². The van der Waals surface area contributed by atoms with Crippen molar-refractivity contribution >= 4 is 44.1 Å². The van der Waals surface area contributed by atoms with Gasteiger partial charge in [-0.25, -0.2) is 0 Å². The van der Waals surface area contributed by atoms with Crippen molar-refractivity contribution in [3.63, 3.8) is 0 Å². The van der Waals surface area contributed by atoms with Crippen LogP contribution < -0.4 is 11.1 Å². The van der Waals surface area contributed by atoms with Crippen molar-refractivity contribution in [2.75, 3.05) is 5.32 Å². The van der Waals surface area contributed by atoms with E-state index in [1.54, 1.807) is 0 Å². The Labute approximate surface area is 154 Å². The predicted octanol–water partition coefficient (Wildman–Crippen LogP) is 4.14. The lowest BCUT2D eigenvalue weighted by atomic mass is 9.49. The fourth-order valence-corrected chi connectivity index (χ4v) is 8.18. The monoisotopic (exact) mass is 410 g/mol. The van der Waals surface area contributed by atoms with E-state index in [9.17, 15) is 9.59 Å². The third kappa shape index (κ3) is 2.45. The molecular weight excluding hydrogens is 388 g/mol. The molecule has 0 radical (unpaired) electrons. The Morgan fingerprint density at radius 1 is 1.21 bits per heavy atom. The topological polar surface area (TPSA) is 72.2 Å². The number of amides is 2. The van der Waals surface area contributed by atoms with Crippen LogP contribution in [0.15, 0.2) is 0 Å². The van der Waals surface area contributed by atoms with Crippen LogP contribution in [0.25, 0.3) is 0 Å². The van der Waals surface area contributed by atoms with Gasteiger partial charge < -0.3 is 11.1 Å². The zero-order valence-electron chi connectivity index (χ0n) is 14.1. The molecule has 2 amide bonds. The van der Waals surface area contributed by atoms with E-state index >= 15 is 0 Å². The summed E-state index contributed by atoms with van der Waals surface area (Å²) in [5, 5.41) is 3.71. The van der Waals surface area contributed by atoms with Crippen LogP contribution in [-0.4, -0.2) is 16.1 Å². The minimum Gasteiger partial charge on any atom is -0.365 e. The fourth-order valence-electron chi connectivity index (χ4n) is 5.66. The largest absolute Gasteiger partial charge is 0.365 e. The first-order valence-corrected chi connectivity index (χ1v) is 10.2. The minimum absolute atomic E-state index is 0.0872. The Morgan fingerprint density at radius 2 is 1.83 bits per heavy atom. The summed E-state index contributed by atoms with van der Waals surface area (Å²) < 4.78 is 0.141. The molecule has 1 aromatic heterocycles. The Hall–Kier alpha value is -0.880. The molecule has 4 bridgehead atoms. The summed E-state index contributed by atoms with van der Waals surface area (Å²) in [5.41, 5.74) is 6.61. The van der Waals surface area contributed by atoms with Crippen LogP contribution >= 0.6 is 27.3 Å². The van der Waals surface area contributed by atoms with Gasteiger partial charge in [0.15, 0.2) is 0 Å². The number of primary amides is 1. The van der Waals surface area contributed by atoms with E-state index in [0.717, 1.165) is 29.7 Å². The molecule has 4 aliphatic carbocycles. The molecule has 0 saturated heterocycles. The van der Waals surface area contributed by atoms with Crippen molar-refractivity contribution < 1.29 is 9.59 Å². The van der Waals surface area contributed by atoms with Gasteiger partial charge in [0.2, 0.25) is 5.91 Å². The number of hydrogen-bond donors (Lipinski definition) is 2. The highest BCUT2D eigenvalue weighted by molar-refractivity contribution is 9.10. The molecule has 3 N–H and O–H groups in total. The highest BCUT2D eigenvalue weighted by Crippen LogP contribution is 2.64. The molecule has 1 aromatic rings. The van der Waals surface area contributed by atoms with Crippen LogP contribution in [0.1, 0.15) is 59.3 Å². The van der Waals surface area contributed by atoms with Gasteiger partial charge in [-0.15, -0.1) is 11.3 Å². The third-order valence-corrected chi connectivity index (χ3v) is 8.38. The smallest absolute Gasteiger partial charge is 0.251 e. The quantitative estimate of drug-likeness (QED) is 0.734. The number of carbonyl (C=O) groups excluding carboxylic acids is 2. The van der Waals surface area contributed by atoms with Crippen LogP contribution in [-0.2, 0) is 4.79 Å². The molecule has 130 valence electrons. The number of thiophene rings is 1. The first-order valence-electron chi connectivity index (χ1n) is 8.61. The second kappa shape index (κ2) is 5.31. The zero-order valence-corrected chi connectivity index (χ0v) is 16.5. The fraction of sp³-hybridized carbons (Fsp3) is 0.667. The molecule has 4 aliphatic rings. The number of aryl methyl sites for hydroxylation is 1. The molecule has 1 heterocycles. The number of anilines is 1. The standard InChI is InChI=1S/C18H23BrN2O2S/c1-9-10(2)24-15(13(9)14(20)22)21-16(23)17-4-11-3-12(5-17)7-18(19,6-11)8-17/h11-12H,3-8H2,1-2H3,(H2,20,22)(H,21,23). The van der Waals surface area contributed by atoms with Gasteiger partial charge in [-0.2, -0.15) is 0 Å². The summed E-state index contributed by atoms with van der Waals surface area (Å²) in [6, 6.07) is 0. The summed E-state index contributed by atoms with van der Waals surface area (Å²) >= 11 is 5.40. The summed E-state index contributed by atoms with van der Waals surface area (Å²) in [6.45, 7) is 3.85. The highest BCUT2D eigenvalue weighted by Gasteiger charge is 2.59. The van der Waals surface area contributed by atoms with Crippen molar-refractivity contribution in [1.29, 1.82) is 0 Å². The van der Waals surface area contributed by atoms with E-state index < -0.39 is 5.91 Å². The summed E-state index contributed by atoms with van der Waals surface area (Å²) in [4.78, 5) is 26.1. The number of hydrogen-bond acceptors (Lipinski definition) is 3. The minimum atomic E-state index is -0.463. The summed E-state index contributed by atoms with van der Waals surface area (Å²) in [7, 11) is 0. The molecule has 6 heteroatoms. The number of carbonyl (C=O) groups is 2. The van der Waals surface area contributed by atoms with E-state index in [4.69, 9.17) is 5.73 Å². The average molecular weight is 411 g/mol. The van der Waals surface area contributed by atoms with E-state index in [1.165, 1.54) is 30.6 Å². The second-order valence-corrected chi connectivity index (χ2v) is 11.1. The molecule has 2 atom stereocenters. The van der Waals surface area contributed by atoms with Gasteiger partial charge in [-0.3, -0.25) is 9.59 Å². The van der Waals surface area contributed by atoms with E-state index in [0.29, 0.717) is 22.4 Å². The maximum Gasteiger partial charge on any atom is 0.251 e. The van der Waals surface area contributed by atoms with E-state index in [2.05, 4.69) is 21.2 Å². The predicted molar refractivity (Wildman–Crippen MR) is 99.7 cm³/mol. The van der Waals surface area contributed by atoms with E-state index in [1.807, 2.05) is 13.8 Å². The number of rotatable bonds is 3. The maximum atomic E-state index is 13.2. The first-order chi connectivity index (χ1) is 11.2. The SMILES string of the molecule is Cc1sc(NC(=O)C23CC4CC(CC(Br)(C4)C2)C3)c(C(N)=O)c1C. The van der Waals surface area contributed by atoms with Gasteiger partial charge in [0, 0.05) is 9.20 Å². The molecular formula is C18H23BrN2O2S. The summed E-state index contributed by atoms with van der Waals surface area (Å²) in [6.07, 6.45) is 6.54. The van der Waals surface area contributed by atoms with Crippen molar-refractivity contribution in [3.8, 4) is 0 Å². The highest BCUT2D eigenvalue weighted by atomic mass is 79.9. The van der Waals surface area contributed by atoms with Crippen LogP contribution in [0.2, 0.25) is 0 Å². The third-order valence-electron chi connectivity index (χ3n) is 6.33. The Bertz CT molecular complexity index is 728. The van der Waals surface area contributed by atoms with Crippen molar-refractivity contribution in [1.82, 2.24) is 0 Å². The Kier molecular flexibility index (Phi) is 3.67. The maximum absolute atomic E-state index is 13.2. The molecule has 4 saturated carbocycles. The van der Waals surface area contributed by atoms with Gasteiger partial charge in [0.05, 0.1) is 11.0 Å². The lowest BCUT2D eigenvalue weighted by molar-refractivity contribution is -0.138. The van der Waals surface area contributed by atoms with Crippen molar-refractivity contribution in [2.45, 2.75) is 56.7 Å². The number of nitrogens with two attached hydrogens (primary N) is 1. The van der Waals surface area contributed by atoms with Gasteiger partial charge in [0.1, 0.15) is 5.00 Å². The molecule has 4 nitrogen and oxygen atoms in total. The van der Waals surface area contributed by atoms with Gasteiger partial charge in [0.25, 0.3) is 5.91 Å². The molecule has 4 fully saturated rings.